The fraction of sp³-hybridized carbons (Fsp3) is 0.630. The molecule has 0 aliphatic heterocycles. The van der Waals surface area contributed by atoms with Gasteiger partial charge in [0.1, 0.15) is 0 Å². The maximum atomic E-state index is 3.19. The van der Waals surface area contributed by atoms with Gasteiger partial charge >= 0.3 is 262 Å². The minimum Gasteiger partial charge on any atom is 0 e. The number of allylic oxidation sites excluding steroid dienone is 4. The standard InChI is InChI=1S/2C8H10.C5H9.C4H7.2CH4.21W/c2*1-7(2)8-5-3-4-6-8;1-5(2,3)4;1-4(2)3;;;;;;;;;;;;;;;;;;;;;;;/h2*5,7H,6H2,1-2H3;1-3H3;4H,1-2H3;2*1H4;;;;;;;;;;;;;;;;;;;;;/q;;2*-1;;;;;;;;;;;;;;;;;;;;;;;. The van der Waals surface area contributed by atoms with Crippen LogP contribution in [-0.4, -0.2) is 24.4 Å². The Morgan fingerprint density at radius 1 is 0.500 bits per heavy atom. The van der Waals surface area contributed by atoms with Crippen molar-refractivity contribution in [1.82, 2.24) is 0 Å². The second kappa shape index (κ2) is 77.4. The zero-order valence-corrected chi connectivity index (χ0v) is 88.0. The van der Waals surface area contributed by atoms with Crippen molar-refractivity contribution in [1.29, 1.82) is 0 Å². The second-order valence-corrected chi connectivity index (χ2v) is 17.6. The maximum absolute atomic E-state index is 3.19. The van der Waals surface area contributed by atoms with E-state index in [-0.39, 0.29) is 331 Å². The fourth-order valence-electron chi connectivity index (χ4n) is 1.89. The van der Waals surface area contributed by atoms with Crippen LogP contribution in [0.15, 0.2) is 23.3 Å². The SMILES string of the molecule is C.C.CC(C)(C)[C-]=[W].CC(C)C1=C[C](=[W])[C](=[W])C1.CC(C)C1=C[C](=[W])[C](=[W])C1.CC(C)[C-]=[W].[W].[W].[W].[W].[W].[W].[W].[W].[W].[W].[W].[W].[W].[W].[W]. The molecule has 0 N–H and O–H groups in total. The van der Waals surface area contributed by atoms with E-state index < -0.39 is 0 Å². The number of hydrogen-bond acceptors (Lipinski definition) is 0. The van der Waals surface area contributed by atoms with E-state index in [4.69, 9.17) is 0 Å². The van der Waals surface area contributed by atoms with Crippen LogP contribution in [0.3, 0.4) is 0 Å². The van der Waals surface area contributed by atoms with Gasteiger partial charge in [-0.25, -0.2) is 0 Å². The molecule has 48 heavy (non-hydrogen) atoms. The molecule has 0 radical (unpaired) electrons. The maximum Gasteiger partial charge on any atom is 0 e. The molecule has 0 bridgehead atoms. The first-order valence-corrected chi connectivity index (χ1v) is 19.2. The van der Waals surface area contributed by atoms with Gasteiger partial charge in [0.15, 0.2) is 0 Å². The molecule has 0 heterocycles. The quantitative estimate of drug-likeness (QED) is 0.297. The molecule has 2 aliphatic carbocycles. The van der Waals surface area contributed by atoms with Crippen LogP contribution >= 0.6 is 0 Å². The largest absolute Gasteiger partial charge is 0 e. The third-order valence-electron chi connectivity index (χ3n) is 3.94. The smallest absolute Gasteiger partial charge is 0 e. The van der Waals surface area contributed by atoms with Crippen LogP contribution in [0.25, 0.3) is 0 Å². The van der Waals surface area contributed by atoms with Crippen molar-refractivity contribution in [3.8, 4) is 0 Å². The van der Waals surface area contributed by atoms with E-state index in [1.807, 2.05) is 0 Å². The summed E-state index contributed by atoms with van der Waals surface area (Å²) in [6.07, 6.45) is 7.32. The van der Waals surface area contributed by atoms with Crippen LogP contribution in [0.4, 0.5) is 0 Å². The summed E-state index contributed by atoms with van der Waals surface area (Å²) in [5.41, 5.74) is 3.60. The van der Waals surface area contributed by atoms with Crippen LogP contribution in [0.1, 0.15) is 90.0 Å². The summed E-state index contributed by atoms with van der Waals surface area (Å²) in [6.45, 7) is 19.8. The van der Waals surface area contributed by atoms with Gasteiger partial charge in [-0.1, -0.05) is 14.9 Å². The van der Waals surface area contributed by atoms with Crippen molar-refractivity contribution in [3.63, 3.8) is 0 Å². The minimum atomic E-state index is 0. The Kier molecular flexibility index (Phi) is 201. The van der Waals surface area contributed by atoms with Crippen LogP contribution in [0.5, 0.6) is 0 Å². The molecule has 0 aromatic heterocycles. The monoisotopic (exact) mass is 4230 g/mol. The zero-order chi connectivity index (χ0) is 24.9. The van der Waals surface area contributed by atoms with Crippen molar-refractivity contribution < 1.29 is 432 Å². The molecular weight excluding hydrogens is 4180 g/mol. The molecule has 0 aromatic rings. The predicted molar refractivity (Wildman–Crippen MR) is 133 cm³/mol. The topological polar surface area (TPSA) is 0 Å². The van der Waals surface area contributed by atoms with Gasteiger partial charge in [-0.15, -0.1) is 0 Å². The van der Waals surface area contributed by atoms with E-state index in [2.05, 4.69) is 83.3 Å². The fourth-order valence-corrected chi connectivity index (χ4v) is 5.11. The van der Waals surface area contributed by atoms with Crippen molar-refractivity contribution in [3.05, 3.63) is 23.3 Å². The van der Waals surface area contributed by atoms with Crippen LogP contribution in [0.2, 0.25) is 0 Å². The van der Waals surface area contributed by atoms with Crippen molar-refractivity contribution in [2.45, 2.75) is 90.0 Å². The first kappa shape index (κ1) is 125. The number of hydrogen-bond donors (Lipinski definition) is 0. The molecule has 0 nitrogen and oxygen atoms in total. The average Bonchev–Trinajstić information content (AvgIpc) is 3.18. The molecule has 2 rings (SSSR count). The Morgan fingerprint density at radius 2 is 0.667 bits per heavy atom. The summed E-state index contributed by atoms with van der Waals surface area (Å²) in [5, 5.41) is 0. The summed E-state index contributed by atoms with van der Waals surface area (Å²) in [4.78, 5) is 0. The van der Waals surface area contributed by atoms with Gasteiger partial charge in [-0.3, -0.25) is 0 Å². The zero-order valence-electron chi connectivity index (χ0n) is 26.4. The molecule has 0 saturated heterocycles. The summed E-state index contributed by atoms with van der Waals surface area (Å²) in [6, 6.07) is 0. The van der Waals surface area contributed by atoms with Gasteiger partial charge in [0.05, 0.1) is 0 Å². The van der Waals surface area contributed by atoms with Crippen LogP contribution < -0.4 is 0 Å². The summed E-state index contributed by atoms with van der Waals surface area (Å²) in [7, 11) is 0. The minimum absolute atomic E-state index is 0. The molecule has 0 spiro atoms. The van der Waals surface area contributed by atoms with Crippen molar-refractivity contribution in [2.24, 2.45) is 23.2 Å². The molecule has 0 fully saturated rings. The molecule has 280 valence electrons. The molecule has 0 amide bonds. The van der Waals surface area contributed by atoms with Crippen molar-refractivity contribution >= 4 is 24.4 Å². The van der Waals surface area contributed by atoms with E-state index >= 15 is 0 Å². The Morgan fingerprint density at radius 3 is 0.708 bits per heavy atom. The van der Waals surface area contributed by atoms with E-state index in [0.29, 0.717) is 11.3 Å². The van der Waals surface area contributed by atoms with Gasteiger partial charge in [-0.05, 0) is 0 Å². The summed E-state index contributed by atoms with van der Waals surface area (Å²) >= 11 is 9.48. The molecule has 0 aromatic carbocycles. The van der Waals surface area contributed by atoms with Crippen LogP contribution in [-0.2, 0) is 432 Å². The van der Waals surface area contributed by atoms with Gasteiger partial charge in [0, 0.05) is 316 Å². The molecular formula is C27H44W21-2. The Labute approximate surface area is 579 Å². The second-order valence-electron chi connectivity index (χ2n) is 9.30. The first-order chi connectivity index (χ1) is 14.0. The van der Waals surface area contributed by atoms with E-state index in [1.54, 1.807) is 104 Å². The Bertz CT molecular complexity index is 705. The predicted octanol–water partition coefficient (Wildman–Crippen LogP) is 6.18. The molecule has 0 unspecified atom stereocenters. The average molecular weight is 4230 g/mol. The Balaban J connectivity index is -0.0000000126. The van der Waals surface area contributed by atoms with Crippen LogP contribution in [0, 0.1) is 23.2 Å². The number of rotatable bonds is 3. The molecule has 0 atom stereocenters. The van der Waals surface area contributed by atoms with E-state index in [0.717, 1.165) is 11.8 Å². The summed E-state index contributed by atoms with van der Waals surface area (Å²) in [5.74, 6) is 2.18. The third-order valence-corrected chi connectivity index (χ3v) is 17.1. The van der Waals surface area contributed by atoms with Crippen molar-refractivity contribution in [2.75, 3.05) is 0 Å². The van der Waals surface area contributed by atoms with Gasteiger partial charge in [0.25, 0.3) is 0 Å². The molecule has 0 saturated carbocycles. The van der Waals surface area contributed by atoms with E-state index in [9.17, 15) is 0 Å². The first-order valence-electron chi connectivity index (χ1n) is 10.4. The normalized spacial score (nSPS) is 10.0. The Hall–Kier alpha value is 13.2. The van der Waals surface area contributed by atoms with Gasteiger partial charge in [0.2, 0.25) is 0 Å². The van der Waals surface area contributed by atoms with Gasteiger partial charge in [-0.2, -0.15) is 0 Å². The third kappa shape index (κ3) is 79.5. The molecule has 2 aliphatic rings. The summed E-state index contributed by atoms with van der Waals surface area (Å²) < 4.78 is 12.8. The molecule has 21 heteroatoms. The van der Waals surface area contributed by atoms with Gasteiger partial charge < -0.3 is 0 Å². The van der Waals surface area contributed by atoms with E-state index in [1.165, 1.54) is 51.5 Å².